The molecule has 100 valence electrons. The number of carboxylic acid groups (broad SMARTS) is 1. The van der Waals surface area contributed by atoms with Crippen molar-refractivity contribution in [2.45, 2.75) is 13.1 Å². The topological polar surface area (TPSA) is 50.2 Å². The van der Waals surface area contributed by atoms with Gasteiger partial charge in [0.05, 0.1) is 5.56 Å². The average molecular weight is 287 g/mol. The lowest BCUT2D eigenvalue weighted by Gasteiger charge is -2.10. The van der Waals surface area contributed by atoms with E-state index in [1.54, 1.807) is 0 Å². The van der Waals surface area contributed by atoms with E-state index in [9.17, 15) is 18.0 Å². The highest BCUT2D eigenvalue weighted by Gasteiger charge is 2.34. The number of carboxylic acids is 1. The van der Waals surface area contributed by atoms with Gasteiger partial charge in [-0.3, -0.25) is 0 Å². The number of hydrogen-bond donors (Lipinski definition) is 1. The van der Waals surface area contributed by atoms with Crippen LogP contribution in [0, 0.1) is 6.92 Å². The Balaban J connectivity index is 2.60. The van der Waals surface area contributed by atoms with Crippen LogP contribution in [-0.4, -0.2) is 16.1 Å². The fourth-order valence-corrected chi connectivity index (χ4v) is 2.57. The van der Waals surface area contributed by atoms with E-state index in [1.165, 1.54) is 25.1 Å². The first-order valence-electron chi connectivity index (χ1n) is 5.18. The number of carbonyl (C=O) groups is 1. The number of aryl methyl sites for hydroxylation is 1. The Labute approximate surface area is 110 Å². The highest BCUT2D eigenvalue weighted by molar-refractivity contribution is 7.15. The predicted octanol–water partition coefficient (Wildman–Crippen LogP) is 3.84. The molecule has 0 unspecified atom stereocenters. The van der Waals surface area contributed by atoms with Gasteiger partial charge in [0, 0.05) is 10.4 Å². The molecule has 0 radical (unpaired) electrons. The monoisotopic (exact) mass is 287 g/mol. The minimum Gasteiger partial charge on any atom is -0.476 e. The fourth-order valence-electron chi connectivity index (χ4n) is 1.63. The molecule has 2 rings (SSSR count). The number of alkyl halides is 3. The molecule has 0 bridgehead atoms. The SMILES string of the molecule is Cc1sc(-c2ccccc2C(F)(F)F)nc1C(=O)O. The summed E-state index contributed by atoms with van der Waals surface area (Å²) in [7, 11) is 0. The van der Waals surface area contributed by atoms with E-state index in [0.717, 1.165) is 17.4 Å². The predicted molar refractivity (Wildman–Crippen MR) is 64.2 cm³/mol. The van der Waals surface area contributed by atoms with E-state index in [2.05, 4.69) is 4.98 Å². The lowest BCUT2D eigenvalue weighted by molar-refractivity contribution is -0.137. The van der Waals surface area contributed by atoms with E-state index in [4.69, 9.17) is 5.11 Å². The van der Waals surface area contributed by atoms with Gasteiger partial charge >= 0.3 is 12.1 Å². The molecule has 0 amide bonds. The van der Waals surface area contributed by atoms with E-state index >= 15 is 0 Å². The molecule has 1 heterocycles. The average Bonchev–Trinajstić information content (AvgIpc) is 2.70. The zero-order valence-corrected chi connectivity index (χ0v) is 10.5. The number of benzene rings is 1. The van der Waals surface area contributed by atoms with E-state index < -0.39 is 17.7 Å². The molecule has 1 aromatic heterocycles. The molecule has 1 N–H and O–H groups in total. The van der Waals surface area contributed by atoms with Crippen LogP contribution in [0.3, 0.4) is 0 Å². The van der Waals surface area contributed by atoms with Gasteiger partial charge in [-0.2, -0.15) is 13.2 Å². The Morgan fingerprint density at radius 1 is 1.32 bits per heavy atom. The number of nitrogens with zero attached hydrogens (tertiary/aromatic N) is 1. The zero-order chi connectivity index (χ0) is 14.2. The van der Waals surface area contributed by atoms with Crippen molar-refractivity contribution in [3.8, 4) is 10.6 Å². The third-order valence-electron chi connectivity index (χ3n) is 2.46. The minimum atomic E-state index is -4.50. The molecular formula is C12H8F3NO2S. The van der Waals surface area contributed by atoms with Gasteiger partial charge in [0.25, 0.3) is 0 Å². The van der Waals surface area contributed by atoms with E-state index in [1.807, 2.05) is 0 Å². The summed E-state index contributed by atoms with van der Waals surface area (Å²) in [5, 5.41) is 8.94. The number of aromatic carboxylic acids is 1. The van der Waals surface area contributed by atoms with Crippen molar-refractivity contribution in [2.24, 2.45) is 0 Å². The molecule has 1 aromatic carbocycles. The Bertz CT molecular complexity index is 634. The molecule has 19 heavy (non-hydrogen) atoms. The highest BCUT2D eigenvalue weighted by atomic mass is 32.1. The number of thiazole rings is 1. The standard InChI is InChI=1S/C12H8F3NO2S/c1-6-9(11(17)18)16-10(19-6)7-4-2-3-5-8(7)12(13,14)15/h2-5H,1H3,(H,17,18). The van der Waals surface area contributed by atoms with Gasteiger partial charge in [-0.15, -0.1) is 11.3 Å². The summed E-state index contributed by atoms with van der Waals surface area (Å²) in [5.74, 6) is -1.25. The van der Waals surface area contributed by atoms with Crippen molar-refractivity contribution >= 4 is 17.3 Å². The van der Waals surface area contributed by atoms with Gasteiger partial charge in [0.15, 0.2) is 5.69 Å². The molecular weight excluding hydrogens is 279 g/mol. The molecule has 0 fully saturated rings. The summed E-state index contributed by atoms with van der Waals surface area (Å²) in [5.41, 5.74) is -1.13. The van der Waals surface area contributed by atoms with Gasteiger partial charge in [0.1, 0.15) is 5.01 Å². The summed E-state index contributed by atoms with van der Waals surface area (Å²) >= 11 is 0.934. The summed E-state index contributed by atoms with van der Waals surface area (Å²) in [6.07, 6.45) is -4.50. The van der Waals surface area contributed by atoms with Crippen LogP contribution < -0.4 is 0 Å². The van der Waals surface area contributed by atoms with Crippen molar-refractivity contribution in [3.63, 3.8) is 0 Å². The smallest absolute Gasteiger partial charge is 0.417 e. The van der Waals surface area contributed by atoms with Crippen molar-refractivity contribution < 1.29 is 23.1 Å². The van der Waals surface area contributed by atoms with Crippen LogP contribution in [0.4, 0.5) is 13.2 Å². The quantitative estimate of drug-likeness (QED) is 0.913. The molecule has 0 spiro atoms. The van der Waals surface area contributed by atoms with Crippen molar-refractivity contribution in [1.82, 2.24) is 4.98 Å². The van der Waals surface area contributed by atoms with E-state index in [-0.39, 0.29) is 16.3 Å². The van der Waals surface area contributed by atoms with Crippen LogP contribution in [0.15, 0.2) is 24.3 Å². The maximum atomic E-state index is 12.9. The molecule has 0 aliphatic carbocycles. The zero-order valence-electron chi connectivity index (χ0n) is 9.65. The molecule has 0 aliphatic heterocycles. The highest BCUT2D eigenvalue weighted by Crippen LogP contribution is 2.38. The second-order valence-corrected chi connectivity index (χ2v) is 4.98. The summed E-state index contributed by atoms with van der Waals surface area (Å²) in [6, 6.07) is 4.98. The number of rotatable bonds is 2. The van der Waals surface area contributed by atoms with Crippen LogP contribution in [0.1, 0.15) is 20.9 Å². The normalized spacial score (nSPS) is 11.6. The second-order valence-electron chi connectivity index (χ2n) is 3.77. The molecule has 7 heteroatoms. The van der Waals surface area contributed by atoms with Gasteiger partial charge in [-0.25, -0.2) is 9.78 Å². The van der Waals surface area contributed by atoms with Crippen molar-refractivity contribution in [1.29, 1.82) is 0 Å². The number of hydrogen-bond acceptors (Lipinski definition) is 3. The first kappa shape index (κ1) is 13.5. The van der Waals surface area contributed by atoms with Gasteiger partial charge < -0.3 is 5.11 Å². The maximum absolute atomic E-state index is 12.9. The van der Waals surface area contributed by atoms with Crippen LogP contribution >= 0.6 is 11.3 Å². The van der Waals surface area contributed by atoms with Crippen LogP contribution in [0.5, 0.6) is 0 Å². The van der Waals surface area contributed by atoms with E-state index in [0.29, 0.717) is 4.88 Å². The Morgan fingerprint density at radius 3 is 2.47 bits per heavy atom. The van der Waals surface area contributed by atoms with Gasteiger partial charge in [0.2, 0.25) is 0 Å². The first-order chi connectivity index (χ1) is 8.80. The third kappa shape index (κ3) is 2.60. The molecule has 0 saturated carbocycles. The van der Waals surface area contributed by atoms with Crippen molar-refractivity contribution in [3.05, 3.63) is 40.4 Å². The summed E-state index contributed by atoms with van der Waals surface area (Å²) < 4.78 is 38.6. The van der Waals surface area contributed by atoms with Crippen LogP contribution in [-0.2, 0) is 6.18 Å². The van der Waals surface area contributed by atoms with Crippen LogP contribution in [0.25, 0.3) is 10.6 Å². The third-order valence-corrected chi connectivity index (χ3v) is 3.47. The number of halogens is 3. The van der Waals surface area contributed by atoms with Gasteiger partial charge in [-0.1, -0.05) is 18.2 Å². The fraction of sp³-hybridized carbons (Fsp3) is 0.167. The Morgan fingerprint density at radius 2 is 1.95 bits per heavy atom. The minimum absolute atomic E-state index is 0.0582. The Kier molecular flexibility index (Phi) is 3.32. The summed E-state index contributed by atoms with van der Waals surface area (Å²) in [6.45, 7) is 1.51. The van der Waals surface area contributed by atoms with Gasteiger partial charge in [-0.05, 0) is 13.0 Å². The molecule has 2 aromatic rings. The van der Waals surface area contributed by atoms with Crippen molar-refractivity contribution in [2.75, 3.05) is 0 Å². The summed E-state index contributed by atoms with van der Waals surface area (Å²) in [4.78, 5) is 15.0. The lowest BCUT2D eigenvalue weighted by Crippen LogP contribution is -2.07. The molecule has 3 nitrogen and oxygen atoms in total. The van der Waals surface area contributed by atoms with Crippen LogP contribution in [0.2, 0.25) is 0 Å². The number of aromatic nitrogens is 1. The largest absolute Gasteiger partial charge is 0.476 e. The Hall–Kier alpha value is -1.89. The lowest BCUT2D eigenvalue weighted by atomic mass is 10.1. The maximum Gasteiger partial charge on any atom is 0.417 e. The first-order valence-corrected chi connectivity index (χ1v) is 5.99. The molecule has 0 atom stereocenters. The second kappa shape index (κ2) is 4.65. The molecule has 0 saturated heterocycles. The molecule has 0 aliphatic rings.